The maximum absolute atomic E-state index is 11.2. The lowest BCUT2D eigenvalue weighted by Crippen LogP contribution is -2.17. The van der Waals surface area contributed by atoms with Crippen molar-refractivity contribution >= 4 is 35.5 Å². The van der Waals surface area contributed by atoms with Gasteiger partial charge in [0.25, 0.3) is 0 Å². The lowest BCUT2D eigenvalue weighted by atomic mass is 10.0. The van der Waals surface area contributed by atoms with Crippen LogP contribution < -0.4 is 0 Å². The van der Waals surface area contributed by atoms with Gasteiger partial charge in [0.05, 0.1) is 11.6 Å². The Bertz CT molecular complexity index is 279. The van der Waals surface area contributed by atoms with Gasteiger partial charge in [0.2, 0.25) is 0 Å². The Morgan fingerprint density at radius 3 is 2.75 bits per heavy atom. The van der Waals surface area contributed by atoms with E-state index >= 15 is 0 Å². The summed E-state index contributed by atoms with van der Waals surface area (Å²) in [5.41, 5.74) is 1.60. The van der Waals surface area contributed by atoms with Crippen LogP contribution in [0.2, 0.25) is 0 Å². The van der Waals surface area contributed by atoms with E-state index in [0.717, 1.165) is 0 Å². The Hall–Kier alpha value is -0.600. The van der Waals surface area contributed by atoms with Crippen molar-refractivity contribution in [3.8, 4) is 0 Å². The van der Waals surface area contributed by atoms with E-state index in [9.17, 15) is 4.79 Å². The van der Waals surface area contributed by atoms with Gasteiger partial charge in [-0.05, 0) is 6.92 Å². The quantitative estimate of drug-likeness (QED) is 0.477. The van der Waals surface area contributed by atoms with Crippen LogP contribution in [0.5, 0.6) is 0 Å². The highest BCUT2D eigenvalue weighted by Crippen LogP contribution is 2.12. The molecule has 0 unspecified atom stereocenters. The minimum Gasteiger partial charge on any atom is -0.289 e. The highest BCUT2D eigenvalue weighted by Gasteiger charge is 2.17. The number of hydrogen-bond acceptors (Lipinski definition) is 2. The highest BCUT2D eigenvalue weighted by molar-refractivity contribution is 6.39. The van der Waals surface area contributed by atoms with Crippen molar-refractivity contribution < 1.29 is 4.79 Å². The molecule has 0 aromatic rings. The molecule has 4 heteroatoms. The molecule has 0 aromatic carbocycles. The van der Waals surface area contributed by atoms with Crippen LogP contribution in [0.4, 0.5) is 0 Å². The predicted octanol–water partition coefficient (Wildman–Crippen LogP) is 2.13. The molecule has 1 aliphatic heterocycles. The van der Waals surface area contributed by atoms with E-state index in [2.05, 4.69) is 11.6 Å². The van der Waals surface area contributed by atoms with Gasteiger partial charge in [-0.25, -0.2) is 0 Å². The van der Waals surface area contributed by atoms with E-state index in [4.69, 9.17) is 11.6 Å². The maximum atomic E-state index is 11.2. The molecular weight excluding hydrogens is 197 g/mol. The zero-order valence-corrected chi connectivity index (χ0v) is 8.21. The molecule has 0 saturated heterocycles. The minimum atomic E-state index is -0.0596. The van der Waals surface area contributed by atoms with Crippen LogP contribution in [0.15, 0.2) is 28.9 Å². The molecule has 2 nitrogen and oxygen atoms in total. The average Bonchev–Trinajstić information content (AvgIpc) is 2.01. The van der Waals surface area contributed by atoms with Crippen LogP contribution >= 0.6 is 24.0 Å². The van der Waals surface area contributed by atoms with Gasteiger partial charge >= 0.3 is 0 Å². The fourth-order valence-corrected chi connectivity index (χ4v) is 1.03. The van der Waals surface area contributed by atoms with Crippen molar-refractivity contribution in [3.05, 3.63) is 23.9 Å². The van der Waals surface area contributed by atoms with Crippen LogP contribution in [0.25, 0.3) is 0 Å². The lowest BCUT2D eigenvalue weighted by molar-refractivity contribution is -0.111. The topological polar surface area (TPSA) is 29.4 Å². The number of Topliss-reactive ketones (excluding diaryl/α,β-unsaturated/α-hetero) is 1. The second-order valence-electron chi connectivity index (χ2n) is 2.33. The number of nitrogens with zero attached hydrogens (tertiary/aromatic N) is 1. The molecule has 1 heterocycles. The molecule has 0 N–H and O–H groups in total. The Kier molecular flexibility index (Phi) is 4.21. The van der Waals surface area contributed by atoms with Gasteiger partial charge in [0, 0.05) is 17.3 Å². The third-order valence-corrected chi connectivity index (χ3v) is 1.77. The summed E-state index contributed by atoms with van der Waals surface area (Å²) in [4.78, 5) is 15.1. The fourth-order valence-electron chi connectivity index (χ4n) is 0.796. The number of halogens is 2. The second kappa shape index (κ2) is 4.43. The SMILES string of the molecule is C=C1C(=O)C(C)=CN=C1CCl.Cl. The molecular formula is C8H9Cl2NO. The van der Waals surface area contributed by atoms with Gasteiger partial charge in [-0.15, -0.1) is 24.0 Å². The molecule has 0 fully saturated rings. The molecule has 1 aliphatic rings. The third kappa shape index (κ3) is 1.96. The summed E-state index contributed by atoms with van der Waals surface area (Å²) in [5, 5.41) is 0. The summed E-state index contributed by atoms with van der Waals surface area (Å²) in [6.07, 6.45) is 1.52. The van der Waals surface area contributed by atoms with Crippen LogP contribution in [0.3, 0.4) is 0 Å². The van der Waals surface area contributed by atoms with Crippen LogP contribution in [-0.4, -0.2) is 17.4 Å². The van der Waals surface area contributed by atoms with E-state index in [1.54, 1.807) is 6.92 Å². The first-order chi connectivity index (χ1) is 5.16. The summed E-state index contributed by atoms with van der Waals surface area (Å²) in [7, 11) is 0. The van der Waals surface area contributed by atoms with E-state index in [1.807, 2.05) is 0 Å². The van der Waals surface area contributed by atoms with Gasteiger partial charge in [0.15, 0.2) is 5.78 Å². The van der Waals surface area contributed by atoms with Crippen molar-refractivity contribution in [2.45, 2.75) is 6.92 Å². The molecule has 0 bridgehead atoms. The van der Waals surface area contributed by atoms with E-state index in [0.29, 0.717) is 16.9 Å². The lowest BCUT2D eigenvalue weighted by Gasteiger charge is -2.09. The van der Waals surface area contributed by atoms with Gasteiger partial charge < -0.3 is 0 Å². The molecule has 0 spiro atoms. The zero-order chi connectivity index (χ0) is 8.43. The van der Waals surface area contributed by atoms with Crippen LogP contribution in [0, 0.1) is 0 Å². The first-order valence-corrected chi connectivity index (χ1v) is 3.73. The van der Waals surface area contributed by atoms with Crippen molar-refractivity contribution in [3.63, 3.8) is 0 Å². The average molecular weight is 206 g/mol. The third-order valence-electron chi connectivity index (χ3n) is 1.52. The molecule has 0 saturated carbocycles. The molecule has 1 rings (SSSR count). The van der Waals surface area contributed by atoms with E-state index < -0.39 is 0 Å². The van der Waals surface area contributed by atoms with Crippen molar-refractivity contribution in [1.82, 2.24) is 0 Å². The molecule has 12 heavy (non-hydrogen) atoms. The highest BCUT2D eigenvalue weighted by atomic mass is 35.5. The largest absolute Gasteiger partial charge is 0.289 e. The first-order valence-electron chi connectivity index (χ1n) is 3.20. The molecule has 66 valence electrons. The Balaban J connectivity index is 0.00000121. The van der Waals surface area contributed by atoms with Gasteiger partial charge in [-0.1, -0.05) is 6.58 Å². The fraction of sp³-hybridized carbons (Fsp3) is 0.250. The van der Waals surface area contributed by atoms with E-state index in [1.165, 1.54) is 6.20 Å². The number of hydrogen-bond donors (Lipinski definition) is 0. The predicted molar refractivity (Wildman–Crippen MR) is 53.3 cm³/mol. The number of alkyl halides is 1. The van der Waals surface area contributed by atoms with Gasteiger partial charge in [0.1, 0.15) is 0 Å². The number of allylic oxidation sites excluding steroid dienone is 2. The van der Waals surface area contributed by atoms with Crippen LogP contribution in [0.1, 0.15) is 6.92 Å². The minimum absolute atomic E-state index is 0. The molecule has 0 radical (unpaired) electrons. The molecule has 0 amide bonds. The van der Waals surface area contributed by atoms with Crippen molar-refractivity contribution in [2.24, 2.45) is 4.99 Å². The summed E-state index contributed by atoms with van der Waals surface area (Å²) in [6, 6.07) is 0. The monoisotopic (exact) mass is 205 g/mol. The summed E-state index contributed by atoms with van der Waals surface area (Å²) in [6.45, 7) is 5.30. The van der Waals surface area contributed by atoms with E-state index in [-0.39, 0.29) is 24.1 Å². The molecule has 0 aromatic heterocycles. The maximum Gasteiger partial charge on any atom is 0.191 e. The summed E-state index contributed by atoms with van der Waals surface area (Å²) in [5.74, 6) is 0.185. The molecule has 0 atom stereocenters. The Morgan fingerprint density at radius 2 is 2.25 bits per heavy atom. The number of carbonyl (C=O) groups is 1. The normalized spacial score (nSPS) is 16.5. The summed E-state index contributed by atoms with van der Waals surface area (Å²) < 4.78 is 0. The van der Waals surface area contributed by atoms with Gasteiger partial charge in [-0.3, -0.25) is 9.79 Å². The number of aliphatic imine (C=N–C) groups is 1. The van der Waals surface area contributed by atoms with Gasteiger partial charge in [-0.2, -0.15) is 0 Å². The number of rotatable bonds is 1. The Labute approximate surface area is 82.4 Å². The molecule has 0 aliphatic carbocycles. The summed E-state index contributed by atoms with van der Waals surface area (Å²) >= 11 is 5.52. The van der Waals surface area contributed by atoms with Crippen LogP contribution in [-0.2, 0) is 4.79 Å². The second-order valence-corrected chi connectivity index (χ2v) is 2.60. The smallest absolute Gasteiger partial charge is 0.191 e. The number of carbonyl (C=O) groups excluding carboxylic acids is 1. The Morgan fingerprint density at radius 1 is 1.67 bits per heavy atom. The van der Waals surface area contributed by atoms with Crippen molar-refractivity contribution in [2.75, 3.05) is 5.88 Å². The first kappa shape index (κ1) is 11.4. The zero-order valence-electron chi connectivity index (χ0n) is 6.63. The van der Waals surface area contributed by atoms with Crippen molar-refractivity contribution in [1.29, 1.82) is 0 Å². The standard InChI is InChI=1S/C8H8ClNO.ClH/c1-5-4-10-7(3-9)6(2)8(5)11;/h4H,2-3H2,1H3;1H. The number of ketones is 1.